The lowest BCUT2D eigenvalue weighted by Gasteiger charge is -2.18. The van der Waals surface area contributed by atoms with Crippen LogP contribution in [0.4, 0.5) is 0 Å². The van der Waals surface area contributed by atoms with Gasteiger partial charge in [-0.25, -0.2) is 0 Å². The van der Waals surface area contributed by atoms with Crippen LogP contribution < -0.4 is 4.74 Å². The summed E-state index contributed by atoms with van der Waals surface area (Å²) in [6.07, 6.45) is 0.589. The maximum atomic E-state index is 8.53. The van der Waals surface area contributed by atoms with Crippen molar-refractivity contribution < 1.29 is 4.74 Å². The van der Waals surface area contributed by atoms with E-state index in [2.05, 4.69) is 30.1 Å². The largest absolute Gasteiger partial charge is 0.493 e. The van der Waals surface area contributed by atoms with Gasteiger partial charge in [0.05, 0.1) is 12.7 Å². The van der Waals surface area contributed by atoms with Gasteiger partial charge in [-0.1, -0.05) is 18.2 Å². The Labute approximate surface area is 96.2 Å². The number of hydrogen-bond donors (Lipinski definition) is 0. The second kappa shape index (κ2) is 5.00. The highest BCUT2D eigenvalue weighted by Gasteiger charge is 2.24. The molecular weight excluding hydrogens is 200 g/mol. The lowest BCUT2D eigenvalue weighted by molar-refractivity contribution is 0.270. The molecule has 1 aliphatic heterocycles. The summed E-state index contributed by atoms with van der Waals surface area (Å²) >= 11 is 0. The molecular formula is C13H16N2O. The minimum absolute atomic E-state index is 0.444. The number of benzene rings is 1. The number of hydrogen-bond acceptors (Lipinski definition) is 3. The van der Waals surface area contributed by atoms with Gasteiger partial charge >= 0.3 is 0 Å². The van der Waals surface area contributed by atoms with Gasteiger partial charge in [0.2, 0.25) is 0 Å². The maximum Gasteiger partial charge on any atom is 0.122 e. The molecule has 2 rings (SSSR count). The van der Waals surface area contributed by atoms with E-state index in [1.807, 2.05) is 12.1 Å². The highest BCUT2D eigenvalue weighted by Crippen LogP contribution is 2.33. The van der Waals surface area contributed by atoms with Crippen LogP contribution >= 0.6 is 0 Å². The smallest absolute Gasteiger partial charge is 0.122 e. The van der Waals surface area contributed by atoms with E-state index in [0.717, 1.165) is 25.4 Å². The van der Waals surface area contributed by atoms with Crippen LogP contribution in [0.1, 0.15) is 17.9 Å². The molecule has 0 saturated carbocycles. The highest BCUT2D eigenvalue weighted by atomic mass is 16.5. The fourth-order valence-corrected chi connectivity index (χ4v) is 2.09. The molecule has 0 radical (unpaired) electrons. The van der Waals surface area contributed by atoms with Crippen molar-refractivity contribution in [2.45, 2.75) is 12.3 Å². The van der Waals surface area contributed by atoms with Crippen molar-refractivity contribution in [1.82, 2.24) is 4.90 Å². The van der Waals surface area contributed by atoms with Crippen LogP contribution in [0.15, 0.2) is 24.3 Å². The zero-order chi connectivity index (χ0) is 11.4. The second-order valence-electron chi connectivity index (χ2n) is 4.22. The second-order valence-corrected chi connectivity index (χ2v) is 4.22. The first kappa shape index (κ1) is 11.0. The zero-order valence-electron chi connectivity index (χ0n) is 9.52. The Bertz CT molecular complexity index is 397. The van der Waals surface area contributed by atoms with Crippen molar-refractivity contribution in [2.24, 2.45) is 0 Å². The van der Waals surface area contributed by atoms with Gasteiger partial charge in [0.25, 0.3) is 0 Å². The summed E-state index contributed by atoms with van der Waals surface area (Å²) in [5, 5.41) is 8.53. The van der Waals surface area contributed by atoms with Gasteiger partial charge in [0, 0.05) is 31.0 Å². The molecule has 84 valence electrons. The Morgan fingerprint density at radius 2 is 2.31 bits per heavy atom. The van der Waals surface area contributed by atoms with Crippen LogP contribution in [0.5, 0.6) is 5.75 Å². The monoisotopic (exact) mass is 216 g/mol. The number of rotatable bonds is 4. The van der Waals surface area contributed by atoms with E-state index < -0.39 is 0 Å². The van der Waals surface area contributed by atoms with Gasteiger partial charge in [-0.05, 0) is 13.1 Å². The first-order chi connectivity index (χ1) is 7.81. The first-order valence-electron chi connectivity index (χ1n) is 5.58. The van der Waals surface area contributed by atoms with Crippen molar-refractivity contribution in [1.29, 1.82) is 5.26 Å². The third-order valence-electron chi connectivity index (χ3n) is 2.94. The molecule has 0 spiro atoms. The van der Waals surface area contributed by atoms with E-state index in [1.54, 1.807) is 0 Å². The molecule has 1 atom stereocenters. The van der Waals surface area contributed by atoms with Crippen LogP contribution in [-0.4, -0.2) is 31.6 Å². The number of fused-ring (bicyclic) bond motifs is 1. The molecule has 0 N–H and O–H groups in total. The molecule has 0 amide bonds. The summed E-state index contributed by atoms with van der Waals surface area (Å²) < 4.78 is 5.62. The number of ether oxygens (including phenoxy) is 1. The van der Waals surface area contributed by atoms with E-state index in [0.29, 0.717) is 12.3 Å². The highest BCUT2D eigenvalue weighted by molar-refractivity contribution is 5.39. The van der Waals surface area contributed by atoms with Gasteiger partial charge in [-0.3, -0.25) is 0 Å². The van der Waals surface area contributed by atoms with E-state index >= 15 is 0 Å². The van der Waals surface area contributed by atoms with Gasteiger partial charge in [0.15, 0.2) is 0 Å². The lowest BCUT2D eigenvalue weighted by atomic mass is 10.0. The molecule has 0 fully saturated rings. The van der Waals surface area contributed by atoms with Crippen molar-refractivity contribution in [3.8, 4) is 11.8 Å². The normalized spacial score (nSPS) is 17.9. The molecule has 0 aromatic heterocycles. The molecule has 0 saturated heterocycles. The van der Waals surface area contributed by atoms with Gasteiger partial charge in [0.1, 0.15) is 5.75 Å². The minimum atomic E-state index is 0.444. The van der Waals surface area contributed by atoms with Crippen molar-refractivity contribution in [2.75, 3.05) is 26.7 Å². The average Bonchev–Trinajstić information content (AvgIpc) is 2.70. The Morgan fingerprint density at radius 1 is 1.50 bits per heavy atom. The number of likely N-dealkylation sites (N-methyl/N-ethyl adjacent to an activating group) is 1. The quantitative estimate of drug-likeness (QED) is 0.772. The number of nitriles is 1. The first-order valence-corrected chi connectivity index (χ1v) is 5.58. The standard InChI is InChI=1S/C13H16N2O/c1-15(8-4-7-14)9-11-10-16-13-6-3-2-5-12(11)13/h2-3,5-6,11H,4,8-10H2,1H3. The van der Waals surface area contributed by atoms with E-state index in [9.17, 15) is 0 Å². The summed E-state index contributed by atoms with van der Waals surface area (Å²) in [7, 11) is 2.05. The average molecular weight is 216 g/mol. The summed E-state index contributed by atoms with van der Waals surface area (Å²) in [4.78, 5) is 2.19. The van der Waals surface area contributed by atoms with Crippen molar-refractivity contribution >= 4 is 0 Å². The number of nitrogens with zero attached hydrogens (tertiary/aromatic N) is 2. The van der Waals surface area contributed by atoms with Crippen LogP contribution in [0.3, 0.4) is 0 Å². The summed E-state index contributed by atoms with van der Waals surface area (Å²) in [5.74, 6) is 1.46. The fraction of sp³-hybridized carbons (Fsp3) is 0.462. The molecule has 1 unspecified atom stereocenters. The van der Waals surface area contributed by atoms with E-state index in [4.69, 9.17) is 10.00 Å². The Kier molecular flexibility index (Phi) is 3.43. The SMILES string of the molecule is CN(CCC#N)CC1COc2ccccc21. The van der Waals surface area contributed by atoms with Crippen LogP contribution in [0.2, 0.25) is 0 Å². The van der Waals surface area contributed by atoms with Gasteiger partial charge < -0.3 is 9.64 Å². The molecule has 16 heavy (non-hydrogen) atoms. The van der Waals surface area contributed by atoms with E-state index in [-0.39, 0.29) is 0 Å². The predicted molar refractivity (Wildman–Crippen MR) is 62.4 cm³/mol. The topological polar surface area (TPSA) is 36.3 Å². The lowest BCUT2D eigenvalue weighted by Crippen LogP contribution is -2.26. The van der Waals surface area contributed by atoms with Crippen LogP contribution in [0.25, 0.3) is 0 Å². The summed E-state index contributed by atoms with van der Waals surface area (Å²) in [6, 6.07) is 10.4. The van der Waals surface area contributed by atoms with E-state index in [1.165, 1.54) is 5.56 Å². The molecule has 1 aromatic rings. The predicted octanol–water partition coefficient (Wildman–Crippen LogP) is 2.01. The summed E-state index contributed by atoms with van der Waals surface area (Å²) in [5.41, 5.74) is 1.30. The van der Waals surface area contributed by atoms with Gasteiger partial charge in [-0.2, -0.15) is 5.26 Å². The van der Waals surface area contributed by atoms with Crippen LogP contribution in [-0.2, 0) is 0 Å². The Balaban J connectivity index is 1.96. The molecule has 0 bridgehead atoms. The third-order valence-corrected chi connectivity index (χ3v) is 2.94. The van der Waals surface area contributed by atoms with Crippen LogP contribution in [0, 0.1) is 11.3 Å². The third kappa shape index (κ3) is 2.34. The maximum absolute atomic E-state index is 8.53. The Hall–Kier alpha value is -1.53. The zero-order valence-corrected chi connectivity index (χ0v) is 9.52. The minimum Gasteiger partial charge on any atom is -0.493 e. The van der Waals surface area contributed by atoms with Crippen molar-refractivity contribution in [3.63, 3.8) is 0 Å². The molecule has 3 heteroatoms. The molecule has 1 heterocycles. The van der Waals surface area contributed by atoms with Crippen molar-refractivity contribution in [3.05, 3.63) is 29.8 Å². The molecule has 3 nitrogen and oxygen atoms in total. The molecule has 0 aliphatic carbocycles. The Morgan fingerprint density at radius 3 is 3.12 bits per heavy atom. The van der Waals surface area contributed by atoms with Gasteiger partial charge in [-0.15, -0.1) is 0 Å². The number of para-hydroxylation sites is 1. The summed E-state index contributed by atoms with van der Waals surface area (Å²) in [6.45, 7) is 2.55. The molecule has 1 aromatic carbocycles. The molecule has 1 aliphatic rings. The fourth-order valence-electron chi connectivity index (χ4n) is 2.09.